The number of hydrogen-bond donors (Lipinski definition) is 2. The first kappa shape index (κ1) is 9.67. The van der Waals surface area contributed by atoms with Gasteiger partial charge in [-0.2, -0.15) is 0 Å². The fourth-order valence-corrected chi connectivity index (χ4v) is 2.64. The van der Waals surface area contributed by atoms with Gasteiger partial charge in [0.2, 0.25) is 0 Å². The molecule has 6 heteroatoms. The van der Waals surface area contributed by atoms with Gasteiger partial charge < -0.3 is 4.98 Å². The number of H-pyrrole nitrogens is 1. The van der Waals surface area contributed by atoms with Gasteiger partial charge in [0.25, 0.3) is 10.0 Å². The van der Waals surface area contributed by atoms with Crippen molar-refractivity contribution in [3.05, 3.63) is 12.0 Å². The van der Waals surface area contributed by atoms with Crippen molar-refractivity contribution in [1.29, 1.82) is 0 Å². The number of imidazole rings is 1. The molecule has 0 spiro atoms. The average Bonchev–Trinajstić information content (AvgIpc) is 2.61. The fourth-order valence-electron chi connectivity index (χ4n) is 1.20. The summed E-state index contributed by atoms with van der Waals surface area (Å²) < 4.78 is 26.1. The van der Waals surface area contributed by atoms with E-state index in [1.54, 1.807) is 6.92 Å². The average molecular weight is 215 g/mol. The van der Waals surface area contributed by atoms with Crippen molar-refractivity contribution in [3.63, 3.8) is 0 Å². The third-order valence-corrected chi connectivity index (χ3v) is 3.90. The Bertz CT molecular complexity index is 445. The van der Waals surface area contributed by atoms with Crippen LogP contribution in [0.15, 0.2) is 11.2 Å². The summed E-state index contributed by atoms with van der Waals surface area (Å²) in [6.07, 6.45) is 3.14. The Balaban J connectivity index is 2.24. The SMILES string of the molecule is Cc1ncc(S(=O)(=O)NC2(C)CC2)[nH]1. The van der Waals surface area contributed by atoms with E-state index < -0.39 is 10.0 Å². The molecule has 0 aromatic carbocycles. The highest BCUT2D eigenvalue weighted by Crippen LogP contribution is 2.35. The van der Waals surface area contributed by atoms with Crippen LogP contribution in [0.4, 0.5) is 0 Å². The first-order valence-electron chi connectivity index (χ1n) is 4.47. The van der Waals surface area contributed by atoms with E-state index in [4.69, 9.17) is 0 Å². The molecule has 78 valence electrons. The summed E-state index contributed by atoms with van der Waals surface area (Å²) in [6, 6.07) is 0. The van der Waals surface area contributed by atoms with Crippen LogP contribution in [0, 0.1) is 6.92 Å². The molecule has 0 bridgehead atoms. The molecule has 1 saturated carbocycles. The first-order valence-corrected chi connectivity index (χ1v) is 5.95. The predicted octanol–water partition coefficient (Wildman–Crippen LogP) is 0.549. The summed E-state index contributed by atoms with van der Waals surface area (Å²) in [6.45, 7) is 3.62. The highest BCUT2D eigenvalue weighted by molar-refractivity contribution is 7.89. The minimum Gasteiger partial charge on any atom is -0.332 e. The van der Waals surface area contributed by atoms with Gasteiger partial charge in [0.05, 0.1) is 6.20 Å². The number of sulfonamides is 1. The molecule has 2 N–H and O–H groups in total. The van der Waals surface area contributed by atoms with Gasteiger partial charge in [0, 0.05) is 5.54 Å². The Hall–Kier alpha value is -0.880. The lowest BCUT2D eigenvalue weighted by Gasteiger charge is -2.09. The first-order chi connectivity index (χ1) is 6.41. The van der Waals surface area contributed by atoms with Crippen molar-refractivity contribution < 1.29 is 8.42 Å². The predicted molar refractivity (Wildman–Crippen MR) is 51.3 cm³/mol. The summed E-state index contributed by atoms with van der Waals surface area (Å²) in [4.78, 5) is 6.56. The smallest absolute Gasteiger partial charge is 0.258 e. The van der Waals surface area contributed by atoms with Gasteiger partial charge >= 0.3 is 0 Å². The molecule has 5 nitrogen and oxygen atoms in total. The molecule has 2 rings (SSSR count). The lowest BCUT2D eigenvalue weighted by atomic mass is 10.4. The van der Waals surface area contributed by atoms with E-state index in [-0.39, 0.29) is 10.6 Å². The number of rotatable bonds is 3. The minimum atomic E-state index is -3.40. The van der Waals surface area contributed by atoms with Crippen LogP contribution in [0.2, 0.25) is 0 Å². The third kappa shape index (κ3) is 1.80. The van der Waals surface area contributed by atoms with Crippen molar-refractivity contribution in [3.8, 4) is 0 Å². The van der Waals surface area contributed by atoms with Crippen molar-refractivity contribution in [2.45, 2.75) is 37.3 Å². The van der Waals surface area contributed by atoms with E-state index in [0.29, 0.717) is 5.82 Å². The molecule has 0 radical (unpaired) electrons. The van der Waals surface area contributed by atoms with Crippen molar-refractivity contribution in [1.82, 2.24) is 14.7 Å². The maximum atomic E-state index is 11.7. The van der Waals surface area contributed by atoms with Gasteiger partial charge in [-0.15, -0.1) is 0 Å². The summed E-state index contributed by atoms with van der Waals surface area (Å²) >= 11 is 0. The number of hydrogen-bond acceptors (Lipinski definition) is 3. The number of nitrogens with zero attached hydrogens (tertiary/aromatic N) is 1. The van der Waals surface area contributed by atoms with Crippen molar-refractivity contribution in [2.75, 3.05) is 0 Å². The molecule has 14 heavy (non-hydrogen) atoms. The molecule has 1 aromatic rings. The topological polar surface area (TPSA) is 74.8 Å². The molecule has 1 heterocycles. The zero-order valence-electron chi connectivity index (χ0n) is 8.16. The molecule has 1 aliphatic carbocycles. The second-order valence-electron chi connectivity index (χ2n) is 4.00. The molecule has 0 unspecified atom stereocenters. The number of aromatic amines is 1. The largest absolute Gasteiger partial charge is 0.332 e. The Kier molecular flexibility index (Phi) is 1.94. The maximum Gasteiger partial charge on any atom is 0.258 e. The van der Waals surface area contributed by atoms with Gasteiger partial charge in [0.1, 0.15) is 5.82 Å². The summed E-state index contributed by atoms with van der Waals surface area (Å²) in [5.74, 6) is 0.603. The van der Waals surface area contributed by atoms with Crippen LogP contribution in [0.5, 0.6) is 0 Å². The molecular weight excluding hydrogens is 202 g/mol. The van der Waals surface area contributed by atoms with E-state index in [9.17, 15) is 8.42 Å². The third-order valence-electron chi connectivity index (χ3n) is 2.35. The van der Waals surface area contributed by atoms with Crippen LogP contribution in [-0.4, -0.2) is 23.9 Å². The normalized spacial score (nSPS) is 19.6. The zero-order chi connectivity index (χ0) is 10.4. The molecule has 0 aliphatic heterocycles. The van der Waals surface area contributed by atoms with Crippen molar-refractivity contribution in [2.24, 2.45) is 0 Å². The standard InChI is InChI=1S/C8H13N3O2S/c1-6-9-5-7(10-6)14(12,13)11-8(2)3-4-8/h5,11H,3-4H2,1-2H3,(H,9,10). The number of aryl methyl sites for hydroxylation is 1. The van der Waals surface area contributed by atoms with Crippen LogP contribution in [0.3, 0.4) is 0 Å². The summed E-state index contributed by atoms with van der Waals surface area (Å²) in [5, 5.41) is 0.142. The Morgan fingerprint density at radius 2 is 2.21 bits per heavy atom. The maximum absolute atomic E-state index is 11.7. The Morgan fingerprint density at radius 3 is 2.64 bits per heavy atom. The lowest BCUT2D eigenvalue weighted by molar-refractivity contribution is 0.555. The van der Waals surface area contributed by atoms with Crippen LogP contribution in [0.25, 0.3) is 0 Å². The van der Waals surface area contributed by atoms with Gasteiger partial charge in [-0.05, 0) is 26.7 Å². The van der Waals surface area contributed by atoms with Gasteiger partial charge in [-0.25, -0.2) is 18.1 Å². The molecule has 1 aromatic heterocycles. The van der Waals surface area contributed by atoms with Crippen LogP contribution >= 0.6 is 0 Å². The van der Waals surface area contributed by atoms with E-state index in [0.717, 1.165) is 12.8 Å². The minimum absolute atomic E-state index is 0.142. The molecule has 0 amide bonds. The lowest BCUT2D eigenvalue weighted by Crippen LogP contribution is -2.34. The molecule has 1 fully saturated rings. The van der Waals surface area contributed by atoms with E-state index in [2.05, 4.69) is 14.7 Å². The highest BCUT2D eigenvalue weighted by atomic mass is 32.2. The van der Waals surface area contributed by atoms with E-state index in [1.807, 2.05) is 6.92 Å². The zero-order valence-corrected chi connectivity index (χ0v) is 8.98. The van der Waals surface area contributed by atoms with E-state index in [1.165, 1.54) is 6.20 Å². The number of nitrogens with one attached hydrogen (secondary N) is 2. The van der Waals surface area contributed by atoms with Crippen LogP contribution in [-0.2, 0) is 10.0 Å². The molecule has 0 saturated heterocycles. The second kappa shape index (κ2) is 2.80. The van der Waals surface area contributed by atoms with Gasteiger partial charge in [0.15, 0.2) is 5.03 Å². The second-order valence-corrected chi connectivity index (χ2v) is 5.65. The fraction of sp³-hybridized carbons (Fsp3) is 0.625. The summed E-state index contributed by atoms with van der Waals surface area (Å²) in [5.41, 5.74) is -0.238. The van der Waals surface area contributed by atoms with Gasteiger partial charge in [-0.3, -0.25) is 0 Å². The van der Waals surface area contributed by atoms with Crippen LogP contribution in [0.1, 0.15) is 25.6 Å². The Morgan fingerprint density at radius 1 is 1.57 bits per heavy atom. The molecule has 1 aliphatic rings. The van der Waals surface area contributed by atoms with Crippen LogP contribution < -0.4 is 4.72 Å². The van der Waals surface area contributed by atoms with Gasteiger partial charge in [-0.1, -0.05) is 0 Å². The van der Waals surface area contributed by atoms with E-state index >= 15 is 0 Å². The number of aromatic nitrogens is 2. The molecular formula is C8H13N3O2S. The molecule has 0 atom stereocenters. The highest BCUT2D eigenvalue weighted by Gasteiger charge is 2.41. The summed E-state index contributed by atoms with van der Waals surface area (Å²) in [7, 11) is -3.40. The quantitative estimate of drug-likeness (QED) is 0.773. The monoisotopic (exact) mass is 215 g/mol. The Labute approximate surface area is 83.0 Å². The van der Waals surface area contributed by atoms with Crippen molar-refractivity contribution >= 4 is 10.0 Å².